The van der Waals surface area contributed by atoms with E-state index >= 15 is 0 Å². The highest BCUT2D eigenvalue weighted by Gasteiger charge is 2.15. The number of carbonyl (C=O) groups is 1. The first-order valence-electron chi connectivity index (χ1n) is 5.91. The van der Waals surface area contributed by atoms with Gasteiger partial charge in [-0.1, -0.05) is 11.6 Å². The van der Waals surface area contributed by atoms with Crippen molar-refractivity contribution in [2.75, 3.05) is 11.1 Å². The second-order valence-corrected chi connectivity index (χ2v) is 5.76. The molecule has 4 nitrogen and oxygen atoms in total. The summed E-state index contributed by atoms with van der Waals surface area (Å²) in [5.74, 6) is -1.04. The van der Waals surface area contributed by atoms with Gasteiger partial charge < -0.3 is 16.8 Å². The summed E-state index contributed by atoms with van der Waals surface area (Å²) >= 11 is 9.23. The molecule has 2 rings (SSSR count). The van der Waals surface area contributed by atoms with Crippen molar-refractivity contribution in [3.05, 3.63) is 50.7 Å². The molecule has 0 unspecified atom stereocenters. The van der Waals surface area contributed by atoms with Gasteiger partial charge in [0.05, 0.1) is 20.7 Å². The molecule has 0 heterocycles. The third kappa shape index (κ3) is 3.28. The highest BCUT2D eigenvalue weighted by atomic mass is 79.9. The quantitative estimate of drug-likeness (QED) is 0.713. The summed E-state index contributed by atoms with van der Waals surface area (Å²) in [6, 6.07) is 5.86. The molecule has 0 aliphatic rings. The number of carbonyl (C=O) groups excluding carboxylic acids is 1. The van der Waals surface area contributed by atoms with Crippen molar-refractivity contribution in [2.24, 2.45) is 5.73 Å². The molecule has 0 aliphatic heterocycles. The van der Waals surface area contributed by atoms with Gasteiger partial charge >= 0.3 is 0 Å². The summed E-state index contributed by atoms with van der Waals surface area (Å²) in [6.45, 7) is 1.73. The van der Waals surface area contributed by atoms with Gasteiger partial charge in [0.15, 0.2) is 0 Å². The Labute approximate surface area is 134 Å². The molecule has 5 N–H and O–H groups in total. The molecule has 0 fully saturated rings. The molecule has 1 amide bonds. The molecule has 110 valence electrons. The van der Waals surface area contributed by atoms with E-state index in [9.17, 15) is 9.18 Å². The fourth-order valence-electron chi connectivity index (χ4n) is 1.86. The lowest BCUT2D eigenvalue weighted by Gasteiger charge is -2.15. The second kappa shape index (κ2) is 5.91. The number of nitrogen functional groups attached to an aromatic ring is 1. The number of anilines is 3. The number of nitrogens with two attached hydrogens (primary N) is 2. The largest absolute Gasteiger partial charge is 0.399 e. The molecular formula is C14H12BrClFN3O. The van der Waals surface area contributed by atoms with E-state index in [4.69, 9.17) is 23.1 Å². The molecule has 2 aromatic carbocycles. The van der Waals surface area contributed by atoms with Crippen molar-refractivity contribution < 1.29 is 9.18 Å². The van der Waals surface area contributed by atoms with Crippen LogP contribution < -0.4 is 16.8 Å². The topological polar surface area (TPSA) is 81.1 Å². The number of aryl methyl sites for hydroxylation is 1. The zero-order valence-corrected chi connectivity index (χ0v) is 13.3. The van der Waals surface area contributed by atoms with Crippen LogP contribution in [0.3, 0.4) is 0 Å². The molecular weight excluding hydrogens is 361 g/mol. The summed E-state index contributed by atoms with van der Waals surface area (Å²) in [5, 5.41) is 3.25. The van der Waals surface area contributed by atoms with E-state index in [-0.39, 0.29) is 16.4 Å². The van der Waals surface area contributed by atoms with Crippen LogP contribution >= 0.6 is 27.5 Å². The maximum atomic E-state index is 13.4. The number of hydrogen-bond donors (Lipinski definition) is 3. The minimum absolute atomic E-state index is 0.167. The highest BCUT2D eigenvalue weighted by molar-refractivity contribution is 9.10. The number of primary amides is 1. The number of nitrogens with one attached hydrogen (secondary N) is 1. The minimum Gasteiger partial charge on any atom is -0.399 e. The second-order valence-electron chi connectivity index (χ2n) is 4.50. The third-order valence-electron chi connectivity index (χ3n) is 2.90. The number of benzene rings is 2. The van der Waals surface area contributed by atoms with Crippen LogP contribution in [0, 0.1) is 12.7 Å². The molecule has 0 saturated carbocycles. The van der Waals surface area contributed by atoms with Crippen molar-refractivity contribution in [2.45, 2.75) is 6.92 Å². The van der Waals surface area contributed by atoms with E-state index in [0.29, 0.717) is 27.1 Å². The van der Waals surface area contributed by atoms with E-state index in [0.717, 1.165) is 0 Å². The Morgan fingerprint density at radius 2 is 2.00 bits per heavy atom. The van der Waals surface area contributed by atoms with Crippen LogP contribution in [0.1, 0.15) is 15.9 Å². The first-order valence-corrected chi connectivity index (χ1v) is 7.08. The SMILES string of the molecule is Cc1cc(F)c(Br)cc1Nc1c(Cl)cc(N)cc1C(N)=O. The zero-order valence-electron chi connectivity index (χ0n) is 11.0. The van der Waals surface area contributed by atoms with Gasteiger partial charge in [0.25, 0.3) is 5.91 Å². The lowest BCUT2D eigenvalue weighted by Crippen LogP contribution is -2.14. The molecule has 0 aromatic heterocycles. The lowest BCUT2D eigenvalue weighted by atomic mass is 10.1. The molecule has 0 aliphatic carbocycles. The first-order chi connectivity index (χ1) is 9.79. The van der Waals surface area contributed by atoms with Crippen molar-refractivity contribution >= 4 is 50.5 Å². The van der Waals surface area contributed by atoms with Gasteiger partial charge in [0.1, 0.15) is 5.82 Å². The van der Waals surface area contributed by atoms with Gasteiger partial charge in [-0.2, -0.15) is 0 Å². The van der Waals surface area contributed by atoms with Gasteiger partial charge in [-0.25, -0.2) is 4.39 Å². The van der Waals surface area contributed by atoms with Crippen molar-refractivity contribution in [1.82, 2.24) is 0 Å². The summed E-state index contributed by atoms with van der Waals surface area (Å²) in [5.41, 5.74) is 13.1. The average Bonchev–Trinajstić information content (AvgIpc) is 2.38. The Morgan fingerprint density at radius 1 is 1.33 bits per heavy atom. The van der Waals surface area contributed by atoms with Crippen LogP contribution in [-0.2, 0) is 0 Å². The standard InChI is InChI=1S/C14H12BrClFN3O/c1-6-2-11(17)9(15)5-12(6)20-13-8(14(19)21)3-7(18)4-10(13)16/h2-5,20H,18H2,1H3,(H2,19,21). The van der Waals surface area contributed by atoms with E-state index in [1.807, 2.05) is 0 Å². The Balaban J connectivity index is 2.54. The fourth-order valence-corrected chi connectivity index (χ4v) is 2.48. The maximum Gasteiger partial charge on any atom is 0.250 e. The van der Waals surface area contributed by atoms with E-state index < -0.39 is 5.91 Å². The Morgan fingerprint density at radius 3 is 2.62 bits per heavy atom. The minimum atomic E-state index is -0.662. The predicted octanol–water partition coefficient (Wildman–Crippen LogP) is 3.97. The van der Waals surface area contributed by atoms with Gasteiger partial charge in [-0.15, -0.1) is 0 Å². The van der Waals surface area contributed by atoms with Crippen LogP contribution in [0.4, 0.5) is 21.5 Å². The molecule has 0 atom stereocenters. The molecule has 21 heavy (non-hydrogen) atoms. The Bertz CT molecular complexity index is 737. The maximum absolute atomic E-state index is 13.4. The normalized spacial score (nSPS) is 10.5. The number of rotatable bonds is 3. The van der Waals surface area contributed by atoms with Gasteiger partial charge in [0, 0.05) is 11.4 Å². The zero-order chi connectivity index (χ0) is 15.7. The average molecular weight is 373 g/mol. The van der Waals surface area contributed by atoms with E-state index in [2.05, 4.69) is 21.2 Å². The molecule has 7 heteroatoms. The highest BCUT2D eigenvalue weighted by Crippen LogP contribution is 2.34. The number of halogens is 3. The van der Waals surface area contributed by atoms with Crippen molar-refractivity contribution in [3.63, 3.8) is 0 Å². The van der Waals surface area contributed by atoms with Gasteiger partial charge in [-0.3, -0.25) is 4.79 Å². The molecule has 0 saturated heterocycles. The lowest BCUT2D eigenvalue weighted by molar-refractivity contribution is 0.100. The van der Waals surface area contributed by atoms with Crippen LogP contribution in [0.5, 0.6) is 0 Å². The van der Waals surface area contributed by atoms with Crippen LogP contribution in [-0.4, -0.2) is 5.91 Å². The molecule has 0 radical (unpaired) electrons. The Hall–Kier alpha value is -1.79. The summed E-state index contributed by atoms with van der Waals surface area (Å²) in [4.78, 5) is 11.5. The summed E-state index contributed by atoms with van der Waals surface area (Å²) in [6.07, 6.45) is 0. The predicted molar refractivity (Wildman–Crippen MR) is 86.5 cm³/mol. The van der Waals surface area contributed by atoms with E-state index in [1.54, 1.807) is 13.0 Å². The fraction of sp³-hybridized carbons (Fsp3) is 0.0714. The monoisotopic (exact) mass is 371 g/mol. The van der Waals surface area contributed by atoms with Crippen LogP contribution in [0.15, 0.2) is 28.7 Å². The smallest absolute Gasteiger partial charge is 0.250 e. The molecule has 0 spiro atoms. The number of amides is 1. The van der Waals surface area contributed by atoms with Crippen molar-refractivity contribution in [1.29, 1.82) is 0 Å². The van der Waals surface area contributed by atoms with Crippen LogP contribution in [0.25, 0.3) is 0 Å². The van der Waals surface area contributed by atoms with Crippen LogP contribution in [0.2, 0.25) is 5.02 Å². The summed E-state index contributed by atoms with van der Waals surface area (Å²) < 4.78 is 13.7. The summed E-state index contributed by atoms with van der Waals surface area (Å²) in [7, 11) is 0. The van der Waals surface area contributed by atoms with Crippen molar-refractivity contribution in [3.8, 4) is 0 Å². The first kappa shape index (κ1) is 15.6. The number of hydrogen-bond acceptors (Lipinski definition) is 3. The van der Waals surface area contributed by atoms with Gasteiger partial charge in [-0.05, 0) is 52.7 Å². The Kier molecular flexibility index (Phi) is 4.39. The molecule has 2 aromatic rings. The third-order valence-corrected chi connectivity index (χ3v) is 3.81. The van der Waals surface area contributed by atoms with Gasteiger partial charge in [0.2, 0.25) is 0 Å². The molecule has 0 bridgehead atoms. The van der Waals surface area contributed by atoms with E-state index in [1.165, 1.54) is 18.2 Å².